The molecule has 0 saturated heterocycles. The van der Waals surface area contributed by atoms with E-state index in [9.17, 15) is 4.39 Å². The Morgan fingerprint density at radius 1 is 1.53 bits per heavy atom. The van der Waals surface area contributed by atoms with Gasteiger partial charge in [-0.15, -0.1) is 0 Å². The van der Waals surface area contributed by atoms with Crippen LogP contribution < -0.4 is 5.73 Å². The normalized spacial score (nSPS) is 14.0. The summed E-state index contributed by atoms with van der Waals surface area (Å²) in [6.07, 6.45) is 0. The Balaban J connectivity index is 3.06. The maximum Gasteiger partial charge on any atom is 0.129 e. The highest BCUT2D eigenvalue weighted by Gasteiger charge is 2.28. The number of aliphatic hydroxyl groups excluding tert-OH is 1. The summed E-state index contributed by atoms with van der Waals surface area (Å²) in [7, 11) is 0. The van der Waals surface area contributed by atoms with Crippen molar-refractivity contribution >= 4 is 15.9 Å². The van der Waals surface area contributed by atoms with E-state index in [1.54, 1.807) is 26.0 Å². The quantitative estimate of drug-likeness (QED) is 0.891. The van der Waals surface area contributed by atoms with Crippen LogP contribution in [0.2, 0.25) is 0 Å². The molecule has 0 aliphatic heterocycles. The second-order valence-electron chi connectivity index (χ2n) is 4.29. The van der Waals surface area contributed by atoms with Crippen LogP contribution in [0.4, 0.5) is 4.39 Å². The van der Waals surface area contributed by atoms with Crippen LogP contribution in [0.25, 0.3) is 0 Å². The molecule has 0 aromatic heterocycles. The molecule has 4 heteroatoms. The van der Waals surface area contributed by atoms with E-state index in [-0.39, 0.29) is 12.4 Å². The van der Waals surface area contributed by atoms with E-state index in [4.69, 9.17) is 10.8 Å². The van der Waals surface area contributed by atoms with Gasteiger partial charge in [0, 0.05) is 28.1 Å². The predicted octanol–water partition coefficient (Wildman–Crippen LogP) is 2.61. The Hall–Kier alpha value is -0.450. The van der Waals surface area contributed by atoms with Gasteiger partial charge >= 0.3 is 0 Å². The second kappa shape index (κ2) is 4.60. The van der Waals surface area contributed by atoms with Gasteiger partial charge < -0.3 is 10.8 Å². The van der Waals surface area contributed by atoms with Gasteiger partial charge in [-0.25, -0.2) is 4.39 Å². The van der Waals surface area contributed by atoms with Crippen molar-refractivity contribution in [2.75, 3.05) is 6.61 Å². The Morgan fingerprint density at radius 3 is 2.60 bits per heavy atom. The number of hydrogen-bond donors (Lipinski definition) is 2. The fraction of sp³-hybridized carbons (Fsp3) is 0.455. The molecule has 0 amide bonds. The second-order valence-corrected chi connectivity index (χ2v) is 5.21. The highest BCUT2D eigenvalue weighted by Crippen LogP contribution is 2.32. The van der Waals surface area contributed by atoms with Gasteiger partial charge in [0.05, 0.1) is 0 Å². The van der Waals surface area contributed by atoms with Crippen LogP contribution in [0.5, 0.6) is 0 Å². The van der Waals surface area contributed by atoms with Gasteiger partial charge in [-0.1, -0.05) is 35.8 Å². The van der Waals surface area contributed by atoms with Crippen molar-refractivity contribution in [3.05, 3.63) is 34.1 Å². The number of halogens is 2. The van der Waals surface area contributed by atoms with Gasteiger partial charge in [-0.2, -0.15) is 0 Å². The third kappa shape index (κ3) is 2.77. The third-order valence-corrected chi connectivity index (χ3v) is 3.04. The van der Waals surface area contributed by atoms with Gasteiger partial charge in [0.1, 0.15) is 5.82 Å². The lowest BCUT2D eigenvalue weighted by molar-refractivity contribution is 0.131. The maximum absolute atomic E-state index is 13.6. The fourth-order valence-corrected chi connectivity index (χ4v) is 1.61. The van der Waals surface area contributed by atoms with Crippen LogP contribution in [0.1, 0.15) is 25.5 Å². The van der Waals surface area contributed by atoms with Crippen LogP contribution in [-0.2, 0) is 0 Å². The summed E-state index contributed by atoms with van der Waals surface area (Å²) in [4.78, 5) is 0. The van der Waals surface area contributed by atoms with E-state index in [0.717, 1.165) is 0 Å². The van der Waals surface area contributed by atoms with Gasteiger partial charge in [0.15, 0.2) is 0 Å². The Morgan fingerprint density at radius 2 is 2.13 bits per heavy atom. The topological polar surface area (TPSA) is 46.2 Å². The molecule has 2 nitrogen and oxygen atoms in total. The molecule has 0 bridgehead atoms. The molecule has 1 aromatic carbocycles. The maximum atomic E-state index is 13.6. The molecule has 0 unspecified atom stereocenters. The number of nitrogens with two attached hydrogens (primary N) is 1. The van der Waals surface area contributed by atoms with E-state index < -0.39 is 11.5 Å². The minimum absolute atomic E-state index is 0.0797. The van der Waals surface area contributed by atoms with E-state index in [1.165, 1.54) is 6.07 Å². The first-order valence-electron chi connectivity index (χ1n) is 4.70. The number of benzene rings is 1. The van der Waals surface area contributed by atoms with E-state index >= 15 is 0 Å². The SMILES string of the molecule is CC(C)(CO)[C@@H](N)c1ccc(Br)cc1F. The van der Waals surface area contributed by atoms with Crippen molar-refractivity contribution in [2.45, 2.75) is 19.9 Å². The molecule has 1 rings (SSSR count). The van der Waals surface area contributed by atoms with Crippen molar-refractivity contribution in [1.82, 2.24) is 0 Å². The largest absolute Gasteiger partial charge is 0.396 e. The van der Waals surface area contributed by atoms with Crippen molar-refractivity contribution in [3.8, 4) is 0 Å². The summed E-state index contributed by atoms with van der Waals surface area (Å²) < 4.78 is 14.3. The van der Waals surface area contributed by atoms with Crippen molar-refractivity contribution in [1.29, 1.82) is 0 Å². The first-order valence-corrected chi connectivity index (χ1v) is 5.49. The molecular formula is C11H15BrFNO. The number of rotatable bonds is 3. The van der Waals surface area contributed by atoms with Gasteiger partial charge in [0.25, 0.3) is 0 Å². The molecule has 0 saturated carbocycles. The first-order chi connectivity index (χ1) is 6.88. The molecule has 0 spiro atoms. The van der Waals surface area contributed by atoms with Crippen molar-refractivity contribution < 1.29 is 9.50 Å². The van der Waals surface area contributed by atoms with Crippen molar-refractivity contribution in [3.63, 3.8) is 0 Å². The smallest absolute Gasteiger partial charge is 0.129 e. The molecule has 1 atom stereocenters. The summed E-state index contributed by atoms with van der Waals surface area (Å²) in [5.74, 6) is -0.349. The number of aliphatic hydroxyl groups is 1. The van der Waals surface area contributed by atoms with E-state index in [1.807, 2.05) is 0 Å². The van der Waals surface area contributed by atoms with Crippen LogP contribution in [0.15, 0.2) is 22.7 Å². The summed E-state index contributed by atoms with van der Waals surface area (Å²) >= 11 is 3.18. The molecule has 0 fully saturated rings. The average Bonchev–Trinajstić information content (AvgIpc) is 2.17. The zero-order valence-electron chi connectivity index (χ0n) is 8.80. The monoisotopic (exact) mass is 275 g/mol. The molecular weight excluding hydrogens is 261 g/mol. The van der Waals surface area contributed by atoms with E-state index in [2.05, 4.69) is 15.9 Å². The predicted molar refractivity (Wildman–Crippen MR) is 61.9 cm³/mol. The zero-order chi connectivity index (χ0) is 11.6. The molecule has 0 heterocycles. The minimum atomic E-state index is -0.533. The lowest BCUT2D eigenvalue weighted by Gasteiger charge is -2.30. The Bertz CT molecular complexity index is 354. The Labute approximate surface area is 97.4 Å². The molecule has 0 radical (unpaired) electrons. The first kappa shape index (κ1) is 12.6. The lowest BCUT2D eigenvalue weighted by atomic mass is 9.82. The molecule has 0 aliphatic carbocycles. The Kier molecular flexibility index (Phi) is 3.87. The molecule has 3 N–H and O–H groups in total. The van der Waals surface area contributed by atoms with Gasteiger partial charge in [-0.3, -0.25) is 0 Å². The standard InChI is InChI=1S/C11H15BrFNO/c1-11(2,6-15)10(14)8-4-3-7(12)5-9(8)13/h3-5,10,15H,6,14H2,1-2H3/t10-/m0/s1. The van der Waals surface area contributed by atoms with Gasteiger partial charge in [0.2, 0.25) is 0 Å². The highest BCUT2D eigenvalue weighted by molar-refractivity contribution is 9.10. The van der Waals surface area contributed by atoms with Gasteiger partial charge in [-0.05, 0) is 12.1 Å². The van der Waals surface area contributed by atoms with Crippen molar-refractivity contribution in [2.24, 2.45) is 11.1 Å². The molecule has 1 aromatic rings. The molecule has 84 valence electrons. The van der Waals surface area contributed by atoms with Crippen LogP contribution in [0, 0.1) is 11.2 Å². The summed E-state index contributed by atoms with van der Waals surface area (Å²) in [5, 5.41) is 9.16. The minimum Gasteiger partial charge on any atom is -0.396 e. The summed E-state index contributed by atoms with van der Waals surface area (Å²) in [5.41, 5.74) is 5.81. The zero-order valence-corrected chi connectivity index (χ0v) is 10.4. The van der Waals surface area contributed by atoms with Crippen LogP contribution in [0.3, 0.4) is 0 Å². The summed E-state index contributed by atoms with van der Waals surface area (Å²) in [6, 6.07) is 4.24. The van der Waals surface area contributed by atoms with Crippen LogP contribution in [-0.4, -0.2) is 11.7 Å². The fourth-order valence-electron chi connectivity index (χ4n) is 1.27. The lowest BCUT2D eigenvalue weighted by Crippen LogP contribution is -2.33. The number of hydrogen-bond acceptors (Lipinski definition) is 2. The summed E-state index contributed by atoms with van der Waals surface area (Å²) in [6.45, 7) is 3.53. The average molecular weight is 276 g/mol. The van der Waals surface area contributed by atoms with E-state index in [0.29, 0.717) is 10.0 Å². The third-order valence-electron chi connectivity index (χ3n) is 2.55. The molecule has 0 aliphatic rings. The highest BCUT2D eigenvalue weighted by atomic mass is 79.9. The van der Waals surface area contributed by atoms with Crippen LogP contribution >= 0.6 is 15.9 Å². The molecule has 15 heavy (non-hydrogen) atoms.